The molecule has 0 aliphatic carbocycles. The lowest BCUT2D eigenvalue weighted by Crippen LogP contribution is -2.33. The Hall–Kier alpha value is -3.81. The molecule has 1 aliphatic rings. The van der Waals surface area contributed by atoms with Gasteiger partial charge in [0.2, 0.25) is 5.95 Å². The lowest BCUT2D eigenvalue weighted by Gasteiger charge is -2.20. The summed E-state index contributed by atoms with van der Waals surface area (Å²) in [5.74, 6) is 0.884. The minimum Gasteiger partial charge on any atom is -0.493 e. The highest BCUT2D eigenvalue weighted by molar-refractivity contribution is 5.74. The second-order valence-corrected chi connectivity index (χ2v) is 9.27. The summed E-state index contributed by atoms with van der Waals surface area (Å²) >= 11 is 0. The first kappa shape index (κ1) is 26.8. The number of anilines is 1. The molecule has 0 spiro atoms. The van der Waals surface area contributed by atoms with Crippen molar-refractivity contribution in [2.24, 2.45) is 0 Å². The van der Waals surface area contributed by atoms with E-state index in [4.69, 9.17) is 14.6 Å². The van der Waals surface area contributed by atoms with Gasteiger partial charge in [-0.05, 0) is 30.0 Å². The number of nitrogens with zero attached hydrogens (tertiary/aromatic N) is 3. The zero-order valence-electron chi connectivity index (χ0n) is 21.1. The number of imidazole rings is 1. The van der Waals surface area contributed by atoms with Crippen LogP contribution in [0.25, 0.3) is 22.3 Å². The minimum absolute atomic E-state index is 0.0325. The molecule has 4 aromatic rings. The topological polar surface area (TPSA) is 175 Å². The van der Waals surface area contributed by atoms with Crippen LogP contribution in [0, 0.1) is 0 Å². The number of fused-ring (bicyclic) bond motifs is 1. The van der Waals surface area contributed by atoms with Gasteiger partial charge in [-0.1, -0.05) is 42.5 Å². The SMILES string of the molecule is O=c1[nH]cnc2c1nc(NCc1ccc(-c3ccccc3)c(OCCCCO)c1)n2[C@@H]1O[C@H](CO)[C@@H](O)[C@H]1O. The van der Waals surface area contributed by atoms with Crippen molar-refractivity contribution in [1.82, 2.24) is 19.5 Å². The maximum atomic E-state index is 12.4. The van der Waals surface area contributed by atoms with E-state index in [1.165, 1.54) is 10.9 Å². The van der Waals surface area contributed by atoms with Crippen LogP contribution >= 0.6 is 0 Å². The molecule has 6 N–H and O–H groups in total. The summed E-state index contributed by atoms with van der Waals surface area (Å²) in [5.41, 5.74) is 2.50. The summed E-state index contributed by atoms with van der Waals surface area (Å²) in [6.45, 7) is 0.338. The first-order valence-corrected chi connectivity index (χ1v) is 12.8. The Balaban J connectivity index is 1.45. The van der Waals surface area contributed by atoms with E-state index in [0.717, 1.165) is 16.7 Å². The average molecular weight is 538 g/mol. The summed E-state index contributed by atoms with van der Waals surface area (Å²) in [7, 11) is 0. The number of aliphatic hydroxyl groups is 4. The molecular weight excluding hydrogens is 506 g/mol. The highest BCUT2D eigenvalue weighted by atomic mass is 16.6. The van der Waals surface area contributed by atoms with Gasteiger partial charge >= 0.3 is 0 Å². The second kappa shape index (κ2) is 11.9. The predicted molar refractivity (Wildman–Crippen MR) is 142 cm³/mol. The molecule has 2 aromatic carbocycles. The molecule has 0 amide bonds. The zero-order chi connectivity index (χ0) is 27.4. The maximum Gasteiger partial charge on any atom is 0.278 e. The number of hydrogen-bond acceptors (Lipinski definition) is 10. The number of aromatic amines is 1. The van der Waals surface area contributed by atoms with Crippen molar-refractivity contribution in [3.8, 4) is 16.9 Å². The van der Waals surface area contributed by atoms with Crippen LogP contribution in [0.3, 0.4) is 0 Å². The Morgan fingerprint density at radius 1 is 1.08 bits per heavy atom. The van der Waals surface area contributed by atoms with Crippen molar-refractivity contribution in [3.05, 3.63) is 70.8 Å². The summed E-state index contributed by atoms with van der Waals surface area (Å²) in [6, 6.07) is 15.7. The van der Waals surface area contributed by atoms with Crippen LogP contribution in [-0.4, -0.2) is 78.1 Å². The fraction of sp³-hybridized carbons (Fsp3) is 0.370. The number of aromatic nitrogens is 4. The van der Waals surface area contributed by atoms with Crippen LogP contribution in [0.4, 0.5) is 5.95 Å². The molecule has 3 heterocycles. The lowest BCUT2D eigenvalue weighted by molar-refractivity contribution is -0.0501. The molecule has 12 heteroatoms. The summed E-state index contributed by atoms with van der Waals surface area (Å²) in [4.78, 5) is 23.5. The molecule has 1 saturated heterocycles. The lowest BCUT2D eigenvalue weighted by atomic mass is 10.0. The fourth-order valence-electron chi connectivity index (χ4n) is 4.61. The van der Waals surface area contributed by atoms with Gasteiger partial charge in [-0.2, -0.15) is 0 Å². The number of benzene rings is 2. The van der Waals surface area contributed by atoms with Crippen molar-refractivity contribution in [2.45, 2.75) is 43.9 Å². The molecular formula is C27H31N5O7. The number of nitrogens with one attached hydrogen (secondary N) is 2. The number of hydrogen-bond donors (Lipinski definition) is 6. The Labute approximate surface area is 223 Å². The molecule has 4 atom stereocenters. The number of rotatable bonds is 11. The molecule has 0 bridgehead atoms. The monoisotopic (exact) mass is 537 g/mol. The van der Waals surface area contributed by atoms with Gasteiger partial charge in [0.05, 0.1) is 19.5 Å². The molecule has 1 fully saturated rings. The quantitative estimate of drug-likeness (QED) is 0.152. The molecule has 39 heavy (non-hydrogen) atoms. The normalized spacial score (nSPS) is 20.9. The Kier molecular flexibility index (Phi) is 8.19. The van der Waals surface area contributed by atoms with E-state index >= 15 is 0 Å². The number of unbranched alkanes of at least 4 members (excludes halogenated alkanes) is 1. The van der Waals surface area contributed by atoms with Gasteiger partial charge in [0.1, 0.15) is 24.1 Å². The van der Waals surface area contributed by atoms with E-state index in [1.54, 1.807) is 0 Å². The van der Waals surface area contributed by atoms with E-state index in [-0.39, 0.29) is 30.3 Å². The van der Waals surface area contributed by atoms with Crippen LogP contribution in [0.5, 0.6) is 5.75 Å². The Morgan fingerprint density at radius 3 is 2.64 bits per heavy atom. The van der Waals surface area contributed by atoms with E-state index < -0.39 is 36.7 Å². The average Bonchev–Trinajstić information content (AvgIpc) is 3.47. The van der Waals surface area contributed by atoms with Crippen LogP contribution in [0.1, 0.15) is 24.6 Å². The van der Waals surface area contributed by atoms with Gasteiger partial charge in [0.15, 0.2) is 17.4 Å². The molecule has 0 unspecified atom stereocenters. The Morgan fingerprint density at radius 2 is 1.90 bits per heavy atom. The van der Waals surface area contributed by atoms with Crippen molar-refractivity contribution in [2.75, 3.05) is 25.1 Å². The van der Waals surface area contributed by atoms with Crippen LogP contribution in [0.15, 0.2) is 59.7 Å². The molecule has 2 aromatic heterocycles. The highest BCUT2D eigenvalue weighted by Gasteiger charge is 2.45. The van der Waals surface area contributed by atoms with Gasteiger partial charge in [-0.25, -0.2) is 9.97 Å². The predicted octanol–water partition coefficient (Wildman–Crippen LogP) is 1.16. The van der Waals surface area contributed by atoms with E-state index in [0.29, 0.717) is 25.2 Å². The van der Waals surface area contributed by atoms with Crippen molar-refractivity contribution < 1.29 is 29.9 Å². The highest BCUT2D eigenvalue weighted by Crippen LogP contribution is 2.35. The van der Waals surface area contributed by atoms with Gasteiger partial charge in [-0.15, -0.1) is 0 Å². The van der Waals surface area contributed by atoms with E-state index in [1.807, 2.05) is 48.5 Å². The van der Waals surface area contributed by atoms with Crippen molar-refractivity contribution in [1.29, 1.82) is 0 Å². The van der Waals surface area contributed by atoms with E-state index in [2.05, 4.69) is 20.3 Å². The molecule has 0 radical (unpaired) electrons. The summed E-state index contributed by atoms with van der Waals surface area (Å²) in [5, 5.41) is 42.8. The first-order chi connectivity index (χ1) is 19.0. The molecule has 5 rings (SSSR count). The third-order valence-electron chi connectivity index (χ3n) is 6.65. The molecule has 0 saturated carbocycles. The van der Waals surface area contributed by atoms with Gasteiger partial charge in [0.25, 0.3) is 5.56 Å². The largest absolute Gasteiger partial charge is 0.493 e. The maximum absolute atomic E-state index is 12.4. The first-order valence-electron chi connectivity index (χ1n) is 12.8. The second-order valence-electron chi connectivity index (χ2n) is 9.27. The standard InChI is InChI=1S/C27H31N5O7/c33-10-4-5-11-38-19-12-16(8-9-18(19)17-6-2-1-3-7-17)13-28-27-31-21-24(29-15-30-25(21)37)32(27)26-23(36)22(35)20(14-34)39-26/h1-3,6-9,12,15,20,22-23,26,33-36H,4-5,10-11,13-14H2,(H,28,31)(H,29,30,37)/t20-,22-,23-,26-/m1/s1. The minimum atomic E-state index is -1.38. The Bertz CT molecular complexity index is 1460. The van der Waals surface area contributed by atoms with Gasteiger partial charge in [-0.3, -0.25) is 9.36 Å². The molecule has 206 valence electrons. The van der Waals surface area contributed by atoms with Crippen LogP contribution in [0.2, 0.25) is 0 Å². The van der Waals surface area contributed by atoms with E-state index in [9.17, 15) is 20.1 Å². The number of aliphatic hydroxyl groups excluding tert-OH is 4. The number of ether oxygens (including phenoxy) is 2. The van der Waals surface area contributed by atoms with Crippen molar-refractivity contribution >= 4 is 17.1 Å². The summed E-state index contributed by atoms with van der Waals surface area (Å²) in [6.07, 6.45) is -2.28. The smallest absolute Gasteiger partial charge is 0.278 e. The zero-order valence-corrected chi connectivity index (χ0v) is 21.1. The molecule has 1 aliphatic heterocycles. The molecule has 12 nitrogen and oxygen atoms in total. The third kappa shape index (κ3) is 5.51. The van der Waals surface area contributed by atoms with Crippen molar-refractivity contribution in [3.63, 3.8) is 0 Å². The summed E-state index contributed by atoms with van der Waals surface area (Å²) < 4.78 is 13.2. The third-order valence-corrected chi connectivity index (χ3v) is 6.65. The van der Waals surface area contributed by atoms with Crippen LogP contribution in [-0.2, 0) is 11.3 Å². The van der Waals surface area contributed by atoms with Crippen LogP contribution < -0.4 is 15.6 Å². The fourth-order valence-corrected chi connectivity index (χ4v) is 4.61. The van der Waals surface area contributed by atoms with Gasteiger partial charge < -0.3 is 40.2 Å². The number of H-pyrrole nitrogens is 1. The van der Waals surface area contributed by atoms with Gasteiger partial charge in [0, 0.05) is 18.7 Å².